The average Bonchev–Trinajstić information content (AvgIpc) is 2.55. The number of fused-ring (bicyclic) bond motifs is 1. The van der Waals surface area contributed by atoms with Gasteiger partial charge in [-0.1, -0.05) is 42.5 Å². The number of anilines is 2. The van der Waals surface area contributed by atoms with Crippen molar-refractivity contribution < 1.29 is 0 Å². The lowest BCUT2D eigenvalue weighted by atomic mass is 10.1. The quantitative estimate of drug-likeness (QED) is 0.719. The zero-order valence-corrected chi connectivity index (χ0v) is 13.6. The van der Waals surface area contributed by atoms with Gasteiger partial charge < -0.3 is 10.6 Å². The van der Waals surface area contributed by atoms with Gasteiger partial charge in [0.1, 0.15) is 5.82 Å². The van der Waals surface area contributed by atoms with E-state index in [4.69, 9.17) is 0 Å². The van der Waals surface area contributed by atoms with Crippen molar-refractivity contribution in [3.05, 3.63) is 60.2 Å². The van der Waals surface area contributed by atoms with Gasteiger partial charge in [0.05, 0.1) is 5.52 Å². The monoisotopic (exact) mass is 306 g/mol. The zero-order valence-electron chi connectivity index (χ0n) is 13.6. The highest BCUT2D eigenvalue weighted by atomic mass is 15.1. The van der Waals surface area contributed by atoms with Gasteiger partial charge in [-0.15, -0.1) is 0 Å². The molecule has 0 saturated carbocycles. The molecule has 0 fully saturated rings. The summed E-state index contributed by atoms with van der Waals surface area (Å²) < 4.78 is 0. The van der Waals surface area contributed by atoms with Crippen LogP contribution in [0, 0.1) is 0 Å². The van der Waals surface area contributed by atoms with E-state index in [1.807, 2.05) is 30.3 Å². The summed E-state index contributed by atoms with van der Waals surface area (Å²) in [5.41, 5.74) is 2.26. The smallest absolute Gasteiger partial charge is 0.225 e. The largest absolute Gasteiger partial charge is 0.367 e. The van der Waals surface area contributed by atoms with E-state index < -0.39 is 0 Å². The van der Waals surface area contributed by atoms with Crippen molar-refractivity contribution in [1.29, 1.82) is 0 Å². The summed E-state index contributed by atoms with van der Waals surface area (Å²) >= 11 is 0. The van der Waals surface area contributed by atoms with Crippen LogP contribution >= 0.6 is 0 Å². The van der Waals surface area contributed by atoms with Crippen LogP contribution in [0.25, 0.3) is 10.9 Å². The van der Waals surface area contributed by atoms with E-state index in [2.05, 4.69) is 58.7 Å². The first-order valence-electron chi connectivity index (χ1n) is 8.03. The van der Waals surface area contributed by atoms with Crippen LogP contribution in [0.3, 0.4) is 0 Å². The van der Waals surface area contributed by atoms with Crippen LogP contribution in [0.15, 0.2) is 54.6 Å². The minimum Gasteiger partial charge on any atom is -0.367 e. The molecule has 0 saturated heterocycles. The molecule has 0 aliphatic heterocycles. The Bertz CT molecular complexity index is 769. The van der Waals surface area contributed by atoms with E-state index >= 15 is 0 Å². The van der Waals surface area contributed by atoms with Crippen molar-refractivity contribution in [2.24, 2.45) is 0 Å². The number of rotatable bonds is 6. The van der Waals surface area contributed by atoms with Crippen molar-refractivity contribution in [3.8, 4) is 0 Å². The number of para-hydroxylation sites is 1. The molecule has 4 heteroatoms. The lowest BCUT2D eigenvalue weighted by Gasteiger charge is -2.13. The highest BCUT2D eigenvalue weighted by molar-refractivity contribution is 5.90. The molecule has 3 rings (SSSR count). The number of hydrogen-bond acceptors (Lipinski definition) is 4. The maximum Gasteiger partial charge on any atom is 0.225 e. The first-order valence-corrected chi connectivity index (χ1v) is 8.03. The van der Waals surface area contributed by atoms with E-state index in [-0.39, 0.29) is 0 Å². The molecule has 2 N–H and O–H groups in total. The minimum absolute atomic E-state index is 0.325. The van der Waals surface area contributed by atoms with Gasteiger partial charge in [-0.2, -0.15) is 4.98 Å². The standard InChI is InChI=1S/C19H22N4/c1-14(2)21-18-16-10-6-7-11-17(16)22-19(23-18)20-13-12-15-8-4-3-5-9-15/h3-11,14H,12-13H2,1-2H3,(H2,20,21,22,23). The van der Waals surface area contributed by atoms with Gasteiger partial charge in [-0.05, 0) is 38.0 Å². The molecule has 0 unspecified atom stereocenters. The Morgan fingerprint density at radius 3 is 2.43 bits per heavy atom. The lowest BCUT2D eigenvalue weighted by Crippen LogP contribution is -2.14. The van der Waals surface area contributed by atoms with Crippen LogP contribution in [-0.4, -0.2) is 22.6 Å². The molecule has 0 spiro atoms. The molecule has 1 heterocycles. The van der Waals surface area contributed by atoms with Crippen LogP contribution in [0.4, 0.5) is 11.8 Å². The summed E-state index contributed by atoms with van der Waals surface area (Å²) in [4.78, 5) is 9.25. The third-order valence-electron chi connectivity index (χ3n) is 3.57. The predicted octanol–water partition coefficient (Wildman–Crippen LogP) is 4.10. The Balaban J connectivity index is 1.77. The van der Waals surface area contributed by atoms with Crippen LogP contribution in [-0.2, 0) is 6.42 Å². The first kappa shape index (κ1) is 15.3. The lowest BCUT2D eigenvalue weighted by molar-refractivity contribution is 0.889. The van der Waals surface area contributed by atoms with Crippen LogP contribution in [0.1, 0.15) is 19.4 Å². The highest BCUT2D eigenvalue weighted by Crippen LogP contribution is 2.22. The summed E-state index contributed by atoms with van der Waals surface area (Å²) in [6, 6.07) is 18.8. The number of nitrogens with one attached hydrogen (secondary N) is 2. The molecular weight excluding hydrogens is 284 g/mol. The topological polar surface area (TPSA) is 49.8 Å². The zero-order chi connectivity index (χ0) is 16.1. The molecule has 0 atom stereocenters. The molecule has 4 nitrogen and oxygen atoms in total. The van der Waals surface area contributed by atoms with Crippen LogP contribution in [0.2, 0.25) is 0 Å². The summed E-state index contributed by atoms with van der Waals surface area (Å²) in [5, 5.41) is 7.79. The van der Waals surface area contributed by atoms with Crippen molar-refractivity contribution in [2.45, 2.75) is 26.3 Å². The SMILES string of the molecule is CC(C)Nc1nc(NCCc2ccccc2)nc2ccccc12. The van der Waals surface area contributed by atoms with Crippen molar-refractivity contribution in [3.63, 3.8) is 0 Å². The molecule has 0 bridgehead atoms. The maximum atomic E-state index is 4.64. The summed E-state index contributed by atoms with van der Waals surface area (Å²) in [5.74, 6) is 1.55. The molecule has 0 aliphatic rings. The second-order valence-electron chi connectivity index (χ2n) is 5.87. The van der Waals surface area contributed by atoms with Crippen LogP contribution < -0.4 is 10.6 Å². The van der Waals surface area contributed by atoms with Gasteiger partial charge in [-0.3, -0.25) is 0 Å². The fourth-order valence-electron chi connectivity index (χ4n) is 2.50. The summed E-state index contributed by atoms with van der Waals surface area (Å²) in [6.07, 6.45) is 0.948. The molecule has 118 valence electrons. The Labute approximate surface area is 137 Å². The van der Waals surface area contributed by atoms with Gasteiger partial charge in [0.15, 0.2) is 0 Å². The molecule has 0 radical (unpaired) electrons. The second kappa shape index (κ2) is 7.09. The highest BCUT2D eigenvalue weighted by Gasteiger charge is 2.08. The number of hydrogen-bond donors (Lipinski definition) is 2. The van der Waals surface area contributed by atoms with Gasteiger partial charge in [0.2, 0.25) is 5.95 Å². The fraction of sp³-hybridized carbons (Fsp3) is 0.263. The van der Waals surface area contributed by atoms with Gasteiger partial charge in [0, 0.05) is 18.0 Å². The fourth-order valence-corrected chi connectivity index (χ4v) is 2.50. The van der Waals surface area contributed by atoms with E-state index in [1.54, 1.807) is 0 Å². The molecule has 0 amide bonds. The summed E-state index contributed by atoms with van der Waals surface area (Å²) in [7, 11) is 0. The molecule has 2 aromatic carbocycles. The Morgan fingerprint density at radius 2 is 1.65 bits per heavy atom. The van der Waals surface area contributed by atoms with Crippen molar-refractivity contribution >= 4 is 22.7 Å². The van der Waals surface area contributed by atoms with Gasteiger partial charge in [-0.25, -0.2) is 4.98 Å². The number of aromatic nitrogens is 2. The van der Waals surface area contributed by atoms with Gasteiger partial charge >= 0.3 is 0 Å². The molecule has 0 aliphatic carbocycles. The number of nitrogens with zero attached hydrogens (tertiary/aromatic N) is 2. The Hall–Kier alpha value is -2.62. The third-order valence-corrected chi connectivity index (χ3v) is 3.57. The molecule has 3 aromatic rings. The van der Waals surface area contributed by atoms with E-state index in [0.29, 0.717) is 12.0 Å². The number of benzene rings is 2. The predicted molar refractivity (Wildman–Crippen MR) is 96.9 cm³/mol. The Kier molecular flexibility index (Phi) is 4.71. The normalized spacial score (nSPS) is 10.9. The second-order valence-corrected chi connectivity index (χ2v) is 5.87. The van der Waals surface area contributed by atoms with Crippen LogP contribution in [0.5, 0.6) is 0 Å². The Morgan fingerprint density at radius 1 is 0.913 bits per heavy atom. The maximum absolute atomic E-state index is 4.64. The first-order chi connectivity index (χ1) is 11.2. The average molecular weight is 306 g/mol. The minimum atomic E-state index is 0.325. The van der Waals surface area contributed by atoms with Gasteiger partial charge in [0.25, 0.3) is 0 Å². The van der Waals surface area contributed by atoms with E-state index in [0.717, 1.165) is 29.7 Å². The van der Waals surface area contributed by atoms with E-state index in [1.165, 1.54) is 5.56 Å². The molecular formula is C19H22N4. The summed E-state index contributed by atoms with van der Waals surface area (Å²) in [6.45, 7) is 5.03. The molecule has 1 aromatic heterocycles. The van der Waals surface area contributed by atoms with E-state index in [9.17, 15) is 0 Å². The third kappa shape index (κ3) is 3.97. The van der Waals surface area contributed by atoms with Crippen molar-refractivity contribution in [1.82, 2.24) is 9.97 Å². The van der Waals surface area contributed by atoms with Crippen molar-refractivity contribution in [2.75, 3.05) is 17.2 Å². The molecule has 23 heavy (non-hydrogen) atoms.